The zero-order valence-electron chi connectivity index (χ0n) is 19.9. The molecule has 1 atom stereocenters. The maximum atomic E-state index is 12.2. The van der Waals surface area contributed by atoms with E-state index in [0.29, 0.717) is 43.3 Å². The SMILES string of the molecule is CCCc1c(OCCCCCOc2ccccc2C(Cl)CC(=O)OC)ccc2c1OCCC2=O. The quantitative estimate of drug-likeness (QED) is 0.193. The molecule has 0 radical (unpaired) electrons. The number of para-hydroxylation sites is 1. The number of esters is 1. The van der Waals surface area contributed by atoms with Gasteiger partial charge in [0.15, 0.2) is 5.78 Å². The van der Waals surface area contributed by atoms with Crippen molar-refractivity contribution in [2.45, 2.75) is 57.2 Å². The van der Waals surface area contributed by atoms with Gasteiger partial charge in [-0.3, -0.25) is 9.59 Å². The maximum absolute atomic E-state index is 12.2. The number of alkyl halides is 1. The summed E-state index contributed by atoms with van der Waals surface area (Å²) in [6.07, 6.45) is 4.99. The third kappa shape index (κ3) is 6.89. The van der Waals surface area contributed by atoms with E-state index in [2.05, 4.69) is 6.92 Å². The maximum Gasteiger partial charge on any atom is 0.307 e. The minimum absolute atomic E-state index is 0.0949. The fourth-order valence-corrected chi connectivity index (χ4v) is 4.26. The Morgan fingerprint density at radius 2 is 1.79 bits per heavy atom. The minimum Gasteiger partial charge on any atom is -0.493 e. The summed E-state index contributed by atoms with van der Waals surface area (Å²) in [6, 6.07) is 11.2. The zero-order chi connectivity index (χ0) is 24.3. The van der Waals surface area contributed by atoms with Crippen LogP contribution in [0.2, 0.25) is 0 Å². The molecule has 34 heavy (non-hydrogen) atoms. The van der Waals surface area contributed by atoms with Crippen LogP contribution in [0.1, 0.15) is 72.3 Å². The van der Waals surface area contributed by atoms with Crippen LogP contribution in [0.25, 0.3) is 0 Å². The van der Waals surface area contributed by atoms with Crippen molar-refractivity contribution in [3.63, 3.8) is 0 Å². The summed E-state index contributed by atoms with van der Waals surface area (Å²) in [7, 11) is 1.35. The molecule has 1 aliphatic rings. The monoisotopic (exact) mass is 488 g/mol. The summed E-state index contributed by atoms with van der Waals surface area (Å²) in [6.45, 7) is 3.67. The molecule has 0 aromatic heterocycles. The molecule has 0 amide bonds. The summed E-state index contributed by atoms with van der Waals surface area (Å²) < 4.78 is 22.5. The topological polar surface area (TPSA) is 71.1 Å². The van der Waals surface area contributed by atoms with E-state index in [1.165, 1.54) is 7.11 Å². The van der Waals surface area contributed by atoms with Crippen LogP contribution in [-0.2, 0) is 16.0 Å². The van der Waals surface area contributed by atoms with E-state index in [1.807, 2.05) is 36.4 Å². The lowest BCUT2D eigenvalue weighted by atomic mass is 9.98. The van der Waals surface area contributed by atoms with Gasteiger partial charge in [-0.05, 0) is 43.9 Å². The van der Waals surface area contributed by atoms with E-state index in [9.17, 15) is 9.59 Å². The highest BCUT2D eigenvalue weighted by atomic mass is 35.5. The first-order valence-corrected chi connectivity index (χ1v) is 12.4. The molecular formula is C27H33ClO6. The van der Waals surface area contributed by atoms with Crippen LogP contribution < -0.4 is 14.2 Å². The molecule has 0 aliphatic carbocycles. The second-order valence-electron chi connectivity index (χ2n) is 8.23. The predicted molar refractivity (Wildman–Crippen MR) is 131 cm³/mol. The third-order valence-corrected chi connectivity index (χ3v) is 6.12. The van der Waals surface area contributed by atoms with Gasteiger partial charge < -0.3 is 18.9 Å². The number of unbranched alkanes of at least 4 members (excludes halogenated alkanes) is 2. The molecule has 0 N–H and O–H groups in total. The summed E-state index contributed by atoms with van der Waals surface area (Å²) >= 11 is 6.39. The first-order chi connectivity index (χ1) is 16.5. The number of fused-ring (bicyclic) bond motifs is 1. The summed E-state index contributed by atoms with van der Waals surface area (Å²) in [5.41, 5.74) is 2.45. The largest absolute Gasteiger partial charge is 0.493 e. The van der Waals surface area contributed by atoms with Crippen LogP contribution in [0.15, 0.2) is 36.4 Å². The Labute approximate surface area is 206 Å². The van der Waals surface area contributed by atoms with Crippen LogP contribution >= 0.6 is 11.6 Å². The average molecular weight is 489 g/mol. The molecule has 2 aromatic rings. The van der Waals surface area contributed by atoms with Crippen molar-refractivity contribution in [1.29, 1.82) is 0 Å². The van der Waals surface area contributed by atoms with Crippen LogP contribution in [0, 0.1) is 0 Å². The number of halogens is 1. The van der Waals surface area contributed by atoms with Crippen molar-refractivity contribution in [2.24, 2.45) is 0 Å². The zero-order valence-corrected chi connectivity index (χ0v) is 20.7. The van der Waals surface area contributed by atoms with Gasteiger partial charge in [0.05, 0.1) is 44.3 Å². The number of rotatable bonds is 13. The van der Waals surface area contributed by atoms with E-state index in [-0.39, 0.29) is 18.2 Å². The lowest BCUT2D eigenvalue weighted by Crippen LogP contribution is -2.17. The van der Waals surface area contributed by atoms with E-state index in [1.54, 1.807) is 0 Å². The third-order valence-electron chi connectivity index (χ3n) is 5.73. The summed E-state index contributed by atoms with van der Waals surface area (Å²) in [5, 5.41) is -0.495. The first kappa shape index (κ1) is 25.9. The Balaban J connectivity index is 1.45. The summed E-state index contributed by atoms with van der Waals surface area (Å²) in [5.74, 6) is 1.98. The predicted octanol–water partition coefficient (Wildman–Crippen LogP) is 6.08. The van der Waals surface area contributed by atoms with Crippen molar-refractivity contribution in [2.75, 3.05) is 26.9 Å². The van der Waals surface area contributed by atoms with Crippen molar-refractivity contribution in [1.82, 2.24) is 0 Å². The van der Waals surface area contributed by atoms with Gasteiger partial charge in [-0.25, -0.2) is 0 Å². The lowest BCUT2D eigenvalue weighted by Gasteiger charge is -2.22. The van der Waals surface area contributed by atoms with Gasteiger partial charge in [0, 0.05) is 17.5 Å². The Kier molecular flexibility index (Phi) is 10.1. The van der Waals surface area contributed by atoms with E-state index < -0.39 is 5.38 Å². The molecule has 1 heterocycles. The van der Waals surface area contributed by atoms with Gasteiger partial charge >= 0.3 is 5.97 Å². The molecule has 3 rings (SSSR count). The number of Topliss-reactive ketones (excluding diaryl/α,β-unsaturated/α-hetero) is 1. The molecule has 0 fully saturated rings. The second-order valence-corrected chi connectivity index (χ2v) is 8.76. The van der Waals surface area contributed by atoms with Crippen LogP contribution in [-0.4, -0.2) is 38.7 Å². The standard InChI is InChI=1S/C27H33ClO6/c1-3-9-21-25(13-12-20-23(29)14-17-34-27(20)21)33-16-8-4-7-15-32-24-11-6-5-10-19(24)22(28)18-26(30)31-2/h5-6,10-13,22H,3-4,7-9,14-18H2,1-2H3. The minimum atomic E-state index is -0.495. The number of ketones is 1. The fourth-order valence-electron chi connectivity index (χ4n) is 3.95. The number of benzene rings is 2. The number of carbonyl (C=O) groups is 2. The molecule has 0 bridgehead atoms. The van der Waals surface area contributed by atoms with Gasteiger partial charge in [0.1, 0.15) is 17.2 Å². The van der Waals surface area contributed by atoms with Crippen LogP contribution in [0.4, 0.5) is 0 Å². The highest BCUT2D eigenvalue weighted by Gasteiger charge is 2.23. The highest BCUT2D eigenvalue weighted by Crippen LogP contribution is 2.36. The number of hydrogen-bond donors (Lipinski definition) is 0. The lowest BCUT2D eigenvalue weighted by molar-refractivity contribution is -0.140. The van der Waals surface area contributed by atoms with Crippen LogP contribution in [0.5, 0.6) is 17.2 Å². The van der Waals surface area contributed by atoms with Gasteiger partial charge in [0.2, 0.25) is 0 Å². The Hall–Kier alpha value is -2.73. The molecule has 0 spiro atoms. The molecule has 2 aromatic carbocycles. The van der Waals surface area contributed by atoms with Gasteiger partial charge in [-0.2, -0.15) is 0 Å². The Morgan fingerprint density at radius 3 is 2.53 bits per heavy atom. The average Bonchev–Trinajstić information content (AvgIpc) is 2.85. The number of ether oxygens (including phenoxy) is 4. The van der Waals surface area contributed by atoms with E-state index in [4.69, 9.17) is 30.5 Å². The number of carbonyl (C=O) groups excluding carboxylic acids is 2. The smallest absolute Gasteiger partial charge is 0.307 e. The fraction of sp³-hybridized carbons (Fsp3) is 0.481. The van der Waals surface area contributed by atoms with E-state index >= 15 is 0 Å². The van der Waals surface area contributed by atoms with Crippen molar-refractivity contribution < 1.29 is 28.5 Å². The molecule has 1 aliphatic heterocycles. The summed E-state index contributed by atoms with van der Waals surface area (Å²) in [4.78, 5) is 23.7. The number of methoxy groups -OCH3 is 1. The molecule has 6 nitrogen and oxygen atoms in total. The molecule has 184 valence electrons. The van der Waals surface area contributed by atoms with Crippen molar-refractivity contribution in [3.8, 4) is 17.2 Å². The Bertz CT molecular complexity index is 974. The first-order valence-electron chi connectivity index (χ1n) is 11.9. The molecule has 7 heteroatoms. The second kappa shape index (κ2) is 13.2. The van der Waals surface area contributed by atoms with E-state index in [0.717, 1.165) is 49.0 Å². The molecular weight excluding hydrogens is 456 g/mol. The van der Waals surface area contributed by atoms with Crippen molar-refractivity contribution in [3.05, 3.63) is 53.1 Å². The van der Waals surface area contributed by atoms with Gasteiger partial charge in [-0.1, -0.05) is 31.5 Å². The van der Waals surface area contributed by atoms with Gasteiger partial charge in [0.25, 0.3) is 0 Å². The normalized spacial score (nSPS) is 13.6. The van der Waals surface area contributed by atoms with Crippen LogP contribution in [0.3, 0.4) is 0 Å². The Morgan fingerprint density at radius 1 is 1.06 bits per heavy atom. The molecule has 0 saturated heterocycles. The highest BCUT2D eigenvalue weighted by molar-refractivity contribution is 6.22. The molecule has 1 unspecified atom stereocenters. The molecule has 0 saturated carbocycles. The van der Waals surface area contributed by atoms with Gasteiger partial charge in [-0.15, -0.1) is 11.6 Å². The van der Waals surface area contributed by atoms with Crippen molar-refractivity contribution >= 4 is 23.4 Å². The number of hydrogen-bond acceptors (Lipinski definition) is 6.